The van der Waals surface area contributed by atoms with Crippen molar-refractivity contribution >= 4 is 52.6 Å². The molecule has 1 unspecified atom stereocenters. The molecule has 0 saturated carbocycles. The van der Waals surface area contributed by atoms with Gasteiger partial charge < -0.3 is 15.1 Å². The first-order valence-electron chi connectivity index (χ1n) is 13.6. The summed E-state index contributed by atoms with van der Waals surface area (Å²) in [6.07, 6.45) is 4.99. The number of nitriles is 1. The summed E-state index contributed by atoms with van der Waals surface area (Å²) in [5, 5.41) is 31.4. The van der Waals surface area contributed by atoms with E-state index in [1.165, 1.54) is 0 Å². The Morgan fingerprint density at radius 2 is 2.02 bits per heavy atom. The van der Waals surface area contributed by atoms with Gasteiger partial charge in [0.15, 0.2) is 11.3 Å². The number of rotatable bonds is 6. The Bertz CT molecular complexity index is 1440. The lowest BCUT2D eigenvalue weighted by molar-refractivity contribution is -0.138. The highest BCUT2D eigenvalue weighted by atomic mass is 35.5. The van der Waals surface area contributed by atoms with Crippen molar-refractivity contribution in [2.45, 2.75) is 51.6 Å². The lowest BCUT2D eigenvalue weighted by Gasteiger charge is -2.45. The topological polar surface area (TPSA) is 148 Å². The Hall–Kier alpha value is -3.46. The molecule has 13 heteroatoms. The summed E-state index contributed by atoms with van der Waals surface area (Å²) < 4.78 is 1.71. The lowest BCUT2D eigenvalue weighted by Crippen LogP contribution is -2.53. The normalized spacial score (nSPS) is 21.9. The van der Waals surface area contributed by atoms with E-state index in [0.29, 0.717) is 33.2 Å². The molecular formula is C28H33Cl2N7O4. The fourth-order valence-corrected chi connectivity index (χ4v) is 6.63. The Balaban J connectivity index is 0.00000124. The number of fused-ring (bicyclic) bond motifs is 1. The van der Waals surface area contributed by atoms with Crippen LogP contribution in [0.2, 0.25) is 10.0 Å². The third kappa shape index (κ3) is 6.89. The minimum absolute atomic E-state index is 0.226. The summed E-state index contributed by atoms with van der Waals surface area (Å²) in [5.41, 5.74) is 2.06. The first kappa shape index (κ1) is 30.5. The highest BCUT2D eigenvalue weighted by Gasteiger charge is 2.34. The number of piperidine rings is 2. The van der Waals surface area contributed by atoms with Crippen LogP contribution in [0.4, 0.5) is 5.82 Å². The van der Waals surface area contributed by atoms with Crippen LogP contribution in [-0.4, -0.2) is 79.5 Å². The van der Waals surface area contributed by atoms with Crippen LogP contribution in [0.3, 0.4) is 0 Å². The minimum atomic E-state index is -0.708. The molecule has 0 amide bonds. The average molecular weight is 603 g/mol. The number of carboxylic acid groups (broad SMARTS) is 2. The molecule has 2 saturated heterocycles. The number of likely N-dealkylation sites (tertiary alicyclic amines) is 1. The van der Waals surface area contributed by atoms with E-state index < -0.39 is 5.97 Å². The molecule has 0 aliphatic carbocycles. The Kier molecular flexibility index (Phi) is 10.0. The summed E-state index contributed by atoms with van der Waals surface area (Å²) in [6.45, 7) is 7.50. The molecule has 2 fully saturated rings. The van der Waals surface area contributed by atoms with E-state index >= 15 is 0 Å². The first-order valence-corrected chi connectivity index (χ1v) is 14.3. The Morgan fingerprint density at radius 3 is 2.68 bits per heavy atom. The Morgan fingerprint density at radius 1 is 1.27 bits per heavy atom. The number of aliphatic carboxylic acids is 1. The number of anilines is 1. The van der Waals surface area contributed by atoms with E-state index in [1.807, 2.05) is 13.0 Å². The van der Waals surface area contributed by atoms with Crippen LogP contribution in [0.25, 0.3) is 11.2 Å². The molecule has 5 rings (SSSR count). The summed E-state index contributed by atoms with van der Waals surface area (Å²) in [4.78, 5) is 33.9. The molecule has 2 aliphatic heterocycles. The van der Waals surface area contributed by atoms with Crippen molar-refractivity contribution in [2.24, 2.45) is 11.8 Å². The molecule has 2 aliphatic rings. The molecular weight excluding hydrogens is 569 g/mol. The van der Waals surface area contributed by atoms with Gasteiger partial charge in [0, 0.05) is 42.1 Å². The van der Waals surface area contributed by atoms with Crippen molar-refractivity contribution in [2.75, 3.05) is 31.1 Å². The molecule has 0 spiro atoms. The van der Waals surface area contributed by atoms with Crippen molar-refractivity contribution in [3.05, 3.63) is 45.7 Å². The van der Waals surface area contributed by atoms with E-state index in [2.05, 4.69) is 32.9 Å². The van der Waals surface area contributed by atoms with Gasteiger partial charge in [0.2, 0.25) is 0 Å². The number of benzene rings is 1. The summed E-state index contributed by atoms with van der Waals surface area (Å²) >= 11 is 12.6. The van der Waals surface area contributed by atoms with Crippen molar-refractivity contribution in [1.29, 1.82) is 5.26 Å². The maximum atomic E-state index is 11.2. The van der Waals surface area contributed by atoms with E-state index in [-0.39, 0.29) is 30.5 Å². The number of hydrogen-bond acceptors (Lipinski definition) is 8. The first-order chi connectivity index (χ1) is 19.7. The fourth-order valence-electron chi connectivity index (χ4n) is 6.07. The third-order valence-electron chi connectivity index (χ3n) is 7.94. The van der Waals surface area contributed by atoms with Crippen LogP contribution in [0.1, 0.15) is 56.8 Å². The zero-order valence-electron chi connectivity index (χ0n) is 23.0. The molecule has 11 nitrogen and oxygen atoms in total. The van der Waals surface area contributed by atoms with Gasteiger partial charge in [0.1, 0.15) is 17.4 Å². The third-order valence-corrected chi connectivity index (χ3v) is 8.50. The zero-order chi connectivity index (χ0) is 29.7. The molecule has 0 radical (unpaired) electrons. The molecule has 2 N–H and O–H groups in total. The van der Waals surface area contributed by atoms with Gasteiger partial charge >= 0.3 is 5.97 Å². The molecule has 41 heavy (non-hydrogen) atoms. The van der Waals surface area contributed by atoms with Crippen LogP contribution in [0, 0.1) is 23.2 Å². The summed E-state index contributed by atoms with van der Waals surface area (Å²) in [6, 6.07) is 7.62. The van der Waals surface area contributed by atoms with Gasteiger partial charge in [-0.2, -0.15) is 10.4 Å². The zero-order valence-corrected chi connectivity index (χ0v) is 24.5. The number of aromatic nitrogens is 4. The number of halogens is 2. The van der Waals surface area contributed by atoms with E-state index in [4.69, 9.17) is 38.1 Å². The summed E-state index contributed by atoms with van der Waals surface area (Å²) in [5.74, 6) is 0.659. The largest absolute Gasteiger partial charge is 0.483 e. The van der Waals surface area contributed by atoms with Gasteiger partial charge in [0.25, 0.3) is 6.47 Å². The predicted molar refractivity (Wildman–Crippen MR) is 155 cm³/mol. The molecule has 3 aromatic rings. The maximum Gasteiger partial charge on any atom is 0.303 e. The van der Waals surface area contributed by atoms with Gasteiger partial charge in [-0.05, 0) is 62.3 Å². The van der Waals surface area contributed by atoms with Crippen molar-refractivity contribution in [3.8, 4) is 6.07 Å². The lowest BCUT2D eigenvalue weighted by atomic mass is 9.87. The van der Waals surface area contributed by atoms with Crippen LogP contribution < -0.4 is 4.90 Å². The monoisotopic (exact) mass is 601 g/mol. The van der Waals surface area contributed by atoms with Gasteiger partial charge in [-0.3, -0.25) is 14.5 Å². The Labute approximate surface area is 248 Å². The number of carboxylic acids is 1. The molecule has 218 valence electrons. The molecule has 4 heterocycles. The molecule has 2 aromatic heterocycles. The maximum absolute atomic E-state index is 11.2. The van der Waals surface area contributed by atoms with Gasteiger partial charge in [-0.25, -0.2) is 14.6 Å². The van der Waals surface area contributed by atoms with Crippen LogP contribution in [0.5, 0.6) is 0 Å². The molecule has 0 bridgehead atoms. The van der Waals surface area contributed by atoms with Gasteiger partial charge in [-0.15, -0.1) is 0 Å². The number of hydrogen-bond donors (Lipinski definition) is 2. The van der Waals surface area contributed by atoms with Crippen LogP contribution in [-0.2, 0) is 9.59 Å². The highest BCUT2D eigenvalue weighted by Crippen LogP contribution is 2.33. The number of nitrogens with zero attached hydrogens (tertiary/aromatic N) is 7. The predicted octanol–water partition coefficient (Wildman–Crippen LogP) is 4.72. The van der Waals surface area contributed by atoms with Crippen LogP contribution in [0.15, 0.2) is 24.4 Å². The van der Waals surface area contributed by atoms with E-state index in [0.717, 1.165) is 56.8 Å². The smallest absolute Gasteiger partial charge is 0.303 e. The van der Waals surface area contributed by atoms with Crippen molar-refractivity contribution in [1.82, 2.24) is 24.6 Å². The van der Waals surface area contributed by atoms with Crippen LogP contribution >= 0.6 is 23.2 Å². The van der Waals surface area contributed by atoms with Gasteiger partial charge in [-0.1, -0.05) is 36.2 Å². The molecule has 1 aromatic carbocycles. The second-order valence-corrected chi connectivity index (χ2v) is 11.5. The van der Waals surface area contributed by atoms with Crippen molar-refractivity contribution in [3.63, 3.8) is 0 Å². The average Bonchev–Trinajstić information content (AvgIpc) is 3.31. The second-order valence-electron chi connectivity index (χ2n) is 10.6. The number of carbonyl (C=O) groups is 2. The standard InChI is InChI=1S/C27H31Cl2N7O2.CH2O2/c1-16-14-35(9-7-23(16)34-8-3-4-18(15-34)10-25(37)38)24-13-31-26-22(12-30)33-36(27(26)32-24)17(2)20-6-5-19(28)11-21(20)29;2-1-3/h5-6,11,13,16-18,23H,3-4,7-10,14-15H2,1-2H3,(H,37,38);1H,(H,2,3)/t16-,17?,18+,23+;/m1./s1. The molecule has 4 atom stereocenters. The van der Waals surface area contributed by atoms with Gasteiger partial charge in [0.05, 0.1) is 12.2 Å². The fraction of sp³-hybridized carbons (Fsp3) is 0.500. The minimum Gasteiger partial charge on any atom is -0.483 e. The van der Waals surface area contributed by atoms with E-state index in [1.54, 1.807) is 23.0 Å². The quantitative estimate of drug-likeness (QED) is 0.380. The highest BCUT2D eigenvalue weighted by molar-refractivity contribution is 6.35. The SMILES string of the molecule is CC(c1ccc(Cl)cc1Cl)n1nc(C#N)c2ncc(N3CC[C@H](N4CCC[C@@H](CC(=O)O)C4)[C@H](C)C3)nc21.O=CO. The summed E-state index contributed by atoms with van der Waals surface area (Å²) in [7, 11) is 0. The van der Waals surface area contributed by atoms with Crippen molar-refractivity contribution < 1.29 is 19.8 Å². The van der Waals surface area contributed by atoms with E-state index in [9.17, 15) is 15.2 Å². The second kappa shape index (κ2) is 13.5.